The number of hydrogen-bond donors (Lipinski definition) is 3. The van der Waals surface area contributed by atoms with Crippen LogP contribution in [0.25, 0.3) is 10.9 Å². The lowest BCUT2D eigenvalue weighted by Gasteiger charge is -2.46. The number of nitriles is 1. The van der Waals surface area contributed by atoms with Gasteiger partial charge < -0.3 is 25.3 Å². The van der Waals surface area contributed by atoms with Gasteiger partial charge in [0.1, 0.15) is 23.5 Å². The molecule has 3 amide bonds. The fourth-order valence-electron chi connectivity index (χ4n) is 4.63. The molecule has 3 heterocycles. The Morgan fingerprint density at radius 2 is 2.22 bits per heavy atom. The van der Waals surface area contributed by atoms with Crippen LogP contribution in [0.15, 0.2) is 24.3 Å². The first-order chi connectivity index (χ1) is 15.5. The minimum Gasteiger partial charge on any atom is -0.496 e. The zero-order chi connectivity index (χ0) is 22.8. The lowest BCUT2D eigenvalue weighted by atomic mass is 9.85. The van der Waals surface area contributed by atoms with E-state index >= 15 is 0 Å². The number of ether oxygens (including phenoxy) is 1. The van der Waals surface area contributed by atoms with Crippen LogP contribution in [0.2, 0.25) is 0 Å². The van der Waals surface area contributed by atoms with Gasteiger partial charge >= 0.3 is 0 Å². The molecule has 0 spiro atoms. The van der Waals surface area contributed by atoms with Gasteiger partial charge in [0.2, 0.25) is 11.8 Å². The number of nitrogens with zero attached hydrogens (tertiary/aromatic N) is 2. The molecule has 4 atom stereocenters. The Morgan fingerprint density at radius 3 is 2.88 bits per heavy atom. The molecule has 9 nitrogen and oxygen atoms in total. The number of amides is 3. The van der Waals surface area contributed by atoms with Crippen molar-refractivity contribution in [3.8, 4) is 11.8 Å². The van der Waals surface area contributed by atoms with Gasteiger partial charge in [-0.3, -0.25) is 14.4 Å². The van der Waals surface area contributed by atoms with Gasteiger partial charge in [0.25, 0.3) is 5.91 Å². The van der Waals surface area contributed by atoms with E-state index in [9.17, 15) is 19.6 Å². The summed E-state index contributed by atoms with van der Waals surface area (Å²) in [5.74, 6) is -0.295. The maximum absolute atomic E-state index is 13.2. The van der Waals surface area contributed by atoms with Crippen LogP contribution >= 0.6 is 0 Å². The summed E-state index contributed by atoms with van der Waals surface area (Å²) >= 11 is 0. The van der Waals surface area contributed by atoms with Crippen molar-refractivity contribution in [2.45, 2.75) is 38.3 Å². The third kappa shape index (κ3) is 3.88. The van der Waals surface area contributed by atoms with Gasteiger partial charge in [-0.2, -0.15) is 5.26 Å². The number of methoxy groups -OCH3 is 1. The molecule has 4 rings (SSSR count). The molecule has 2 fully saturated rings. The summed E-state index contributed by atoms with van der Waals surface area (Å²) in [7, 11) is 1.58. The van der Waals surface area contributed by atoms with Crippen molar-refractivity contribution in [2.24, 2.45) is 11.8 Å². The van der Waals surface area contributed by atoms with E-state index in [1.807, 2.05) is 25.1 Å². The zero-order valence-electron chi connectivity index (χ0n) is 18.2. The molecule has 2 aliphatic rings. The quantitative estimate of drug-likeness (QED) is 0.606. The summed E-state index contributed by atoms with van der Waals surface area (Å²) < 4.78 is 5.37. The van der Waals surface area contributed by atoms with Crippen LogP contribution in [0.3, 0.4) is 0 Å². The van der Waals surface area contributed by atoms with Gasteiger partial charge in [0.05, 0.1) is 13.2 Å². The van der Waals surface area contributed by atoms with Crippen LogP contribution < -0.4 is 15.4 Å². The van der Waals surface area contributed by atoms with Crippen LogP contribution in [0.5, 0.6) is 5.75 Å². The zero-order valence-corrected chi connectivity index (χ0v) is 18.2. The van der Waals surface area contributed by atoms with Crippen LogP contribution in [0, 0.1) is 23.2 Å². The summed E-state index contributed by atoms with van der Waals surface area (Å²) in [5.41, 5.74) is 1.16. The SMILES string of the molecule is CC[C@H]1CN(C(=O)c2cc3c(OC)cccc3[nH]2)[C@@H]1C(=O)N[C@H](C#N)C[C@@H]1CCNC1=O. The number of rotatable bonds is 7. The number of aromatic nitrogens is 1. The molecule has 168 valence electrons. The molecule has 2 aliphatic heterocycles. The molecule has 2 aromatic rings. The molecule has 0 radical (unpaired) electrons. The molecule has 3 N–H and O–H groups in total. The predicted molar refractivity (Wildman–Crippen MR) is 117 cm³/mol. The number of carbonyl (C=O) groups excluding carboxylic acids is 3. The minimum atomic E-state index is -0.774. The van der Waals surface area contributed by atoms with Crippen LogP contribution in [-0.4, -0.2) is 59.9 Å². The Kier molecular flexibility index (Phi) is 6.04. The van der Waals surface area contributed by atoms with E-state index in [1.54, 1.807) is 13.2 Å². The number of carbonyl (C=O) groups is 3. The number of fused-ring (bicyclic) bond motifs is 1. The average molecular weight is 438 g/mol. The van der Waals surface area contributed by atoms with Gasteiger partial charge in [0.15, 0.2) is 0 Å². The Hall–Kier alpha value is -3.54. The fraction of sp³-hybridized carbons (Fsp3) is 0.478. The standard InChI is InChI=1S/C23H27N5O4/c1-3-13-12-28(23(31)18-10-16-17(27-18)5-4-6-19(16)32-2)20(13)22(30)26-15(11-24)9-14-7-8-25-21(14)29/h4-6,10,13-15,20,27H,3,7-9,12H2,1-2H3,(H,25,29)(H,26,30)/t13-,14-,15-,20-/m0/s1. The fourth-order valence-corrected chi connectivity index (χ4v) is 4.63. The van der Waals surface area contributed by atoms with Gasteiger partial charge in [-0.05, 0) is 37.5 Å². The molecule has 0 bridgehead atoms. The van der Waals surface area contributed by atoms with Crippen LogP contribution in [0.4, 0.5) is 0 Å². The van der Waals surface area contributed by atoms with Gasteiger partial charge in [-0.25, -0.2) is 0 Å². The number of likely N-dealkylation sites (tertiary alicyclic amines) is 1. The van der Waals surface area contributed by atoms with Crippen LogP contribution in [-0.2, 0) is 9.59 Å². The van der Waals surface area contributed by atoms with Crippen molar-refractivity contribution in [1.29, 1.82) is 5.26 Å². The first kappa shape index (κ1) is 21.7. The van der Waals surface area contributed by atoms with Crippen molar-refractivity contribution >= 4 is 28.6 Å². The highest BCUT2D eigenvalue weighted by atomic mass is 16.5. The molecule has 0 aliphatic carbocycles. The Bertz CT molecular complexity index is 1090. The van der Waals surface area contributed by atoms with Crippen molar-refractivity contribution < 1.29 is 19.1 Å². The molecule has 2 saturated heterocycles. The third-order valence-electron chi connectivity index (χ3n) is 6.50. The summed E-state index contributed by atoms with van der Waals surface area (Å²) in [6, 6.07) is 7.93. The van der Waals surface area contributed by atoms with Crippen molar-refractivity contribution in [1.82, 2.24) is 20.5 Å². The monoisotopic (exact) mass is 437 g/mol. The van der Waals surface area contributed by atoms with E-state index < -0.39 is 12.1 Å². The highest BCUT2D eigenvalue weighted by Crippen LogP contribution is 2.32. The first-order valence-corrected chi connectivity index (χ1v) is 10.9. The predicted octanol–water partition coefficient (Wildman–Crippen LogP) is 1.56. The van der Waals surface area contributed by atoms with E-state index in [-0.39, 0.29) is 36.0 Å². The minimum absolute atomic E-state index is 0.0204. The summed E-state index contributed by atoms with van der Waals surface area (Å²) in [6.45, 7) is 3.04. The van der Waals surface area contributed by atoms with E-state index in [1.165, 1.54) is 4.90 Å². The lowest BCUT2D eigenvalue weighted by molar-refractivity contribution is -0.134. The molecule has 0 saturated carbocycles. The van der Waals surface area contributed by atoms with Crippen molar-refractivity contribution in [3.63, 3.8) is 0 Å². The third-order valence-corrected chi connectivity index (χ3v) is 6.50. The number of aromatic amines is 1. The van der Waals surface area contributed by atoms with E-state index in [0.717, 1.165) is 17.3 Å². The van der Waals surface area contributed by atoms with Gasteiger partial charge in [-0.15, -0.1) is 0 Å². The number of nitrogens with one attached hydrogen (secondary N) is 3. The maximum Gasteiger partial charge on any atom is 0.271 e. The van der Waals surface area contributed by atoms with Gasteiger partial charge in [0, 0.05) is 35.8 Å². The highest BCUT2D eigenvalue weighted by Gasteiger charge is 2.46. The molecule has 1 aromatic carbocycles. The topological polar surface area (TPSA) is 127 Å². The van der Waals surface area contributed by atoms with Crippen molar-refractivity contribution in [3.05, 3.63) is 30.0 Å². The second-order valence-corrected chi connectivity index (χ2v) is 8.38. The second-order valence-electron chi connectivity index (χ2n) is 8.38. The average Bonchev–Trinajstić information content (AvgIpc) is 3.38. The first-order valence-electron chi connectivity index (χ1n) is 10.9. The molecule has 9 heteroatoms. The van der Waals surface area contributed by atoms with Crippen LogP contribution in [0.1, 0.15) is 36.7 Å². The molecule has 1 aromatic heterocycles. The normalized spacial score (nSPS) is 23.2. The molecule has 32 heavy (non-hydrogen) atoms. The second kappa shape index (κ2) is 8.91. The smallest absolute Gasteiger partial charge is 0.271 e. The molecular weight excluding hydrogens is 410 g/mol. The van der Waals surface area contributed by atoms with Crippen molar-refractivity contribution in [2.75, 3.05) is 20.2 Å². The maximum atomic E-state index is 13.2. The number of H-pyrrole nitrogens is 1. The molecular formula is C23H27N5O4. The molecule has 0 unspecified atom stereocenters. The van der Waals surface area contributed by atoms with E-state index in [0.29, 0.717) is 31.0 Å². The van der Waals surface area contributed by atoms with E-state index in [2.05, 4.69) is 21.7 Å². The lowest BCUT2D eigenvalue weighted by Crippen LogP contribution is -2.65. The summed E-state index contributed by atoms with van der Waals surface area (Å²) in [5, 5.41) is 15.8. The van der Waals surface area contributed by atoms with E-state index in [4.69, 9.17) is 4.74 Å². The Morgan fingerprint density at radius 1 is 1.41 bits per heavy atom. The number of hydrogen-bond acceptors (Lipinski definition) is 5. The van der Waals surface area contributed by atoms with Gasteiger partial charge in [-0.1, -0.05) is 13.0 Å². The summed E-state index contributed by atoms with van der Waals surface area (Å²) in [4.78, 5) is 42.7. The Labute approximate surface area is 186 Å². The summed E-state index contributed by atoms with van der Waals surface area (Å²) in [6.07, 6.45) is 1.67. The number of benzene rings is 1. The Balaban J connectivity index is 1.48. The largest absolute Gasteiger partial charge is 0.496 e. The highest BCUT2D eigenvalue weighted by molar-refractivity contribution is 6.02.